The lowest BCUT2D eigenvalue weighted by molar-refractivity contribution is -0.115. The number of aromatic nitrogens is 3. The van der Waals surface area contributed by atoms with Crippen LogP contribution < -0.4 is 5.32 Å². The molecule has 7 nitrogen and oxygen atoms in total. The van der Waals surface area contributed by atoms with E-state index < -0.39 is 21.6 Å². The van der Waals surface area contributed by atoms with E-state index in [4.69, 9.17) is 0 Å². The van der Waals surface area contributed by atoms with Crippen LogP contribution in [0.3, 0.4) is 0 Å². The summed E-state index contributed by atoms with van der Waals surface area (Å²) < 4.78 is 40.8. The molecule has 0 spiro atoms. The normalized spacial score (nSPS) is 11.5. The topological polar surface area (TPSA) is 93.4 Å². The van der Waals surface area contributed by atoms with Gasteiger partial charge in [0.1, 0.15) is 5.82 Å². The van der Waals surface area contributed by atoms with E-state index in [1.54, 1.807) is 30.5 Å². The molecule has 4 rings (SSSR count). The number of hydrogen-bond acceptors (Lipinski definition) is 5. The zero-order valence-corrected chi connectivity index (χ0v) is 15.8. The van der Waals surface area contributed by atoms with E-state index in [2.05, 4.69) is 15.4 Å². The third-order valence-corrected chi connectivity index (χ3v) is 6.02. The highest BCUT2D eigenvalue weighted by Gasteiger charge is 2.29. The first-order valence-electron chi connectivity index (χ1n) is 8.63. The maximum Gasteiger partial charge on any atom is 0.230 e. The molecule has 0 aliphatic heterocycles. The van der Waals surface area contributed by atoms with Crippen molar-refractivity contribution in [2.75, 3.05) is 5.32 Å². The number of benzene rings is 2. The smallest absolute Gasteiger partial charge is 0.230 e. The summed E-state index contributed by atoms with van der Waals surface area (Å²) in [7, 11) is -3.99. The largest absolute Gasteiger partial charge is 0.308 e. The first kappa shape index (κ1) is 18.8. The minimum atomic E-state index is -3.99. The first-order chi connectivity index (χ1) is 13.9. The molecule has 0 unspecified atom stereocenters. The number of nitrogens with zero attached hydrogens (tertiary/aromatic N) is 3. The van der Waals surface area contributed by atoms with E-state index in [-0.39, 0.29) is 27.7 Å². The lowest BCUT2D eigenvalue weighted by Gasteiger charge is -2.07. The molecule has 9 heteroatoms. The van der Waals surface area contributed by atoms with Crippen LogP contribution in [0, 0.1) is 5.82 Å². The summed E-state index contributed by atoms with van der Waals surface area (Å²) in [6, 6.07) is 14.9. The van der Waals surface area contributed by atoms with E-state index in [0.717, 1.165) is 0 Å². The van der Waals surface area contributed by atoms with Gasteiger partial charge in [0.05, 0.1) is 11.3 Å². The Hall–Kier alpha value is -3.59. The standard InChI is InChI=1S/C20H15FN4O3S/c21-15-9-7-14(8-10-15)13-17(26)23-19-18(20-22-11-4-12-25(20)24-19)29(27,28)16-5-2-1-3-6-16/h1-12H,13H2,(H,23,24,26). The molecule has 0 saturated heterocycles. The molecule has 4 aromatic rings. The number of anilines is 1. The van der Waals surface area contributed by atoms with Gasteiger partial charge >= 0.3 is 0 Å². The van der Waals surface area contributed by atoms with Gasteiger partial charge in [0.15, 0.2) is 16.4 Å². The predicted octanol–water partition coefficient (Wildman–Crippen LogP) is 2.88. The zero-order chi connectivity index (χ0) is 20.4. The zero-order valence-electron chi connectivity index (χ0n) is 15.0. The second-order valence-corrected chi connectivity index (χ2v) is 8.12. The predicted molar refractivity (Wildman–Crippen MR) is 104 cm³/mol. The number of halogens is 1. The van der Waals surface area contributed by atoms with Crippen LogP contribution in [-0.2, 0) is 21.1 Å². The SMILES string of the molecule is O=C(Cc1ccc(F)cc1)Nc1nn2cccnc2c1S(=O)(=O)c1ccccc1. The fraction of sp³-hybridized carbons (Fsp3) is 0.0500. The van der Waals surface area contributed by atoms with E-state index in [0.29, 0.717) is 5.56 Å². The monoisotopic (exact) mass is 410 g/mol. The van der Waals surface area contributed by atoms with E-state index in [1.165, 1.54) is 47.1 Å². The minimum absolute atomic E-state index is 0.0631. The van der Waals surface area contributed by atoms with Crippen molar-refractivity contribution in [1.29, 1.82) is 0 Å². The van der Waals surface area contributed by atoms with E-state index in [9.17, 15) is 17.6 Å². The fourth-order valence-electron chi connectivity index (χ4n) is 2.88. The number of nitrogens with one attached hydrogen (secondary N) is 1. The van der Waals surface area contributed by atoms with Gasteiger partial charge in [-0.05, 0) is 35.9 Å². The molecule has 0 atom stereocenters. The highest BCUT2D eigenvalue weighted by atomic mass is 32.2. The molecular formula is C20H15FN4O3S. The molecule has 1 N–H and O–H groups in total. The van der Waals surface area contributed by atoms with Crippen molar-refractivity contribution in [3.63, 3.8) is 0 Å². The quantitative estimate of drug-likeness (QED) is 0.546. The average molecular weight is 410 g/mol. The van der Waals surface area contributed by atoms with Gasteiger partial charge in [0.2, 0.25) is 15.7 Å². The molecule has 0 fully saturated rings. The van der Waals surface area contributed by atoms with Crippen molar-refractivity contribution in [1.82, 2.24) is 14.6 Å². The van der Waals surface area contributed by atoms with Crippen molar-refractivity contribution in [2.45, 2.75) is 16.2 Å². The molecular weight excluding hydrogens is 395 g/mol. The van der Waals surface area contributed by atoms with Gasteiger partial charge in [0, 0.05) is 12.4 Å². The Morgan fingerprint density at radius 3 is 2.48 bits per heavy atom. The molecule has 146 valence electrons. The number of sulfone groups is 1. The molecule has 0 radical (unpaired) electrons. The van der Waals surface area contributed by atoms with Crippen molar-refractivity contribution in [2.24, 2.45) is 0 Å². The van der Waals surface area contributed by atoms with Crippen LogP contribution in [0.2, 0.25) is 0 Å². The Balaban J connectivity index is 1.74. The highest BCUT2D eigenvalue weighted by Crippen LogP contribution is 2.30. The van der Waals surface area contributed by atoms with Crippen LogP contribution in [0.1, 0.15) is 5.56 Å². The van der Waals surface area contributed by atoms with Gasteiger partial charge in [-0.1, -0.05) is 30.3 Å². The number of carbonyl (C=O) groups excluding carboxylic acids is 1. The first-order valence-corrected chi connectivity index (χ1v) is 10.1. The van der Waals surface area contributed by atoms with Crippen LogP contribution in [0.5, 0.6) is 0 Å². The lowest BCUT2D eigenvalue weighted by atomic mass is 10.1. The molecule has 1 amide bonds. The van der Waals surface area contributed by atoms with Crippen molar-refractivity contribution >= 4 is 27.2 Å². The van der Waals surface area contributed by atoms with Crippen molar-refractivity contribution < 1.29 is 17.6 Å². The summed E-state index contributed by atoms with van der Waals surface area (Å²) in [4.78, 5) is 16.5. The lowest BCUT2D eigenvalue weighted by Crippen LogP contribution is -2.17. The Morgan fingerprint density at radius 2 is 1.76 bits per heavy atom. The minimum Gasteiger partial charge on any atom is -0.308 e. The summed E-state index contributed by atoms with van der Waals surface area (Å²) in [5.74, 6) is -0.999. The second kappa shape index (κ2) is 7.44. The van der Waals surface area contributed by atoms with Crippen molar-refractivity contribution in [3.05, 3.63) is 84.4 Å². The number of carbonyl (C=O) groups is 1. The molecule has 2 aromatic carbocycles. The number of rotatable bonds is 5. The Kier molecular flexibility index (Phi) is 4.81. The van der Waals surface area contributed by atoms with Crippen LogP contribution >= 0.6 is 0 Å². The molecule has 0 bridgehead atoms. The Labute approximate surface area is 165 Å². The molecule has 0 aliphatic carbocycles. The highest BCUT2D eigenvalue weighted by molar-refractivity contribution is 7.91. The molecule has 0 saturated carbocycles. The molecule has 0 aliphatic rings. The number of hydrogen-bond donors (Lipinski definition) is 1. The summed E-state index contributed by atoms with van der Waals surface area (Å²) in [5.41, 5.74) is 0.687. The van der Waals surface area contributed by atoms with Gasteiger partial charge < -0.3 is 5.32 Å². The third-order valence-electron chi connectivity index (χ3n) is 4.21. The second-order valence-electron chi connectivity index (χ2n) is 6.23. The number of fused-ring (bicyclic) bond motifs is 1. The Bertz CT molecular complexity index is 1290. The van der Waals surface area contributed by atoms with Crippen LogP contribution in [0.4, 0.5) is 10.2 Å². The molecule has 2 heterocycles. The summed E-state index contributed by atoms with van der Waals surface area (Å²) >= 11 is 0. The van der Waals surface area contributed by atoms with E-state index in [1.807, 2.05) is 0 Å². The Morgan fingerprint density at radius 1 is 1.03 bits per heavy atom. The average Bonchev–Trinajstić information content (AvgIpc) is 3.08. The maximum atomic E-state index is 13.2. The number of amides is 1. The van der Waals surface area contributed by atoms with Crippen LogP contribution in [-0.4, -0.2) is 28.9 Å². The third kappa shape index (κ3) is 3.72. The summed E-state index contributed by atoms with van der Waals surface area (Å²) in [6.45, 7) is 0. The van der Waals surface area contributed by atoms with Crippen LogP contribution in [0.25, 0.3) is 5.65 Å². The van der Waals surface area contributed by atoms with Crippen molar-refractivity contribution in [3.8, 4) is 0 Å². The van der Waals surface area contributed by atoms with Gasteiger partial charge in [-0.15, -0.1) is 5.10 Å². The van der Waals surface area contributed by atoms with Gasteiger partial charge in [-0.2, -0.15) is 0 Å². The summed E-state index contributed by atoms with van der Waals surface area (Å²) in [6.07, 6.45) is 2.93. The van der Waals surface area contributed by atoms with Gasteiger partial charge in [-0.3, -0.25) is 4.79 Å². The van der Waals surface area contributed by atoms with Gasteiger partial charge in [0.25, 0.3) is 0 Å². The maximum absolute atomic E-state index is 13.2. The fourth-order valence-corrected chi connectivity index (χ4v) is 4.36. The molecule has 29 heavy (non-hydrogen) atoms. The van der Waals surface area contributed by atoms with E-state index >= 15 is 0 Å². The summed E-state index contributed by atoms with van der Waals surface area (Å²) in [5, 5.41) is 6.74. The van der Waals surface area contributed by atoms with Gasteiger partial charge in [-0.25, -0.2) is 22.3 Å². The molecule has 2 aromatic heterocycles. The van der Waals surface area contributed by atoms with Crippen LogP contribution in [0.15, 0.2) is 82.8 Å².